The first-order valence-corrected chi connectivity index (χ1v) is 20.8. The molecule has 300 valence electrons. The Bertz CT molecular complexity index is 2200. The Labute approximate surface area is 337 Å². The van der Waals surface area contributed by atoms with E-state index in [0.717, 1.165) is 64.6 Å². The van der Waals surface area contributed by atoms with E-state index < -0.39 is 10.0 Å². The largest absolute Gasteiger partial charge is 0.455 e. The minimum absolute atomic E-state index is 0.0567. The van der Waals surface area contributed by atoms with E-state index in [9.17, 15) is 13.7 Å². The van der Waals surface area contributed by atoms with Crippen LogP contribution < -0.4 is 9.46 Å². The molecular weight excluding hydrogens is 769 g/mol. The number of ether oxygens (including phenoxy) is 6. The fourth-order valence-corrected chi connectivity index (χ4v) is 7.89. The molecular formula is C41H46N6O8S2. The second kappa shape index (κ2) is 21.1. The lowest BCUT2D eigenvalue weighted by Crippen LogP contribution is -2.24. The van der Waals surface area contributed by atoms with Crippen LogP contribution in [0.1, 0.15) is 23.2 Å². The molecule has 1 saturated heterocycles. The van der Waals surface area contributed by atoms with E-state index in [1.807, 2.05) is 24.3 Å². The number of aromatic nitrogens is 3. The lowest BCUT2D eigenvalue weighted by atomic mass is 9.97. The number of nitriles is 1. The molecule has 5 aromatic rings. The maximum Gasteiger partial charge on any atom is 0.263 e. The van der Waals surface area contributed by atoms with Crippen LogP contribution >= 0.6 is 11.5 Å². The molecule has 0 unspecified atom stereocenters. The number of anilines is 1. The van der Waals surface area contributed by atoms with Crippen molar-refractivity contribution < 1.29 is 36.8 Å². The van der Waals surface area contributed by atoms with Crippen LogP contribution in [0.5, 0.6) is 11.5 Å². The van der Waals surface area contributed by atoms with E-state index in [2.05, 4.69) is 62.3 Å². The number of likely N-dealkylation sites (tertiary alicyclic amines) is 1. The van der Waals surface area contributed by atoms with E-state index in [-0.39, 0.29) is 27.4 Å². The van der Waals surface area contributed by atoms with Crippen LogP contribution in [0, 0.1) is 18.3 Å². The molecule has 0 aliphatic carbocycles. The summed E-state index contributed by atoms with van der Waals surface area (Å²) in [5, 5.41) is 10.2. The maximum atomic E-state index is 13.0. The Morgan fingerprint density at radius 2 is 1.61 bits per heavy atom. The molecule has 0 bridgehead atoms. The molecule has 3 heterocycles. The van der Waals surface area contributed by atoms with Gasteiger partial charge in [0.25, 0.3) is 10.0 Å². The van der Waals surface area contributed by atoms with Gasteiger partial charge < -0.3 is 28.4 Å². The summed E-state index contributed by atoms with van der Waals surface area (Å²) in [6.07, 6.45) is 4.08. The topological polar surface area (TPSA) is 167 Å². The minimum atomic E-state index is -4.01. The van der Waals surface area contributed by atoms with Gasteiger partial charge in [-0.1, -0.05) is 35.9 Å². The first-order chi connectivity index (χ1) is 27.8. The summed E-state index contributed by atoms with van der Waals surface area (Å²) in [4.78, 5) is 10.8. The highest BCUT2D eigenvalue weighted by Crippen LogP contribution is 2.39. The molecule has 0 radical (unpaired) electrons. The van der Waals surface area contributed by atoms with Crippen LogP contribution in [-0.2, 0) is 40.3 Å². The molecule has 1 atom stereocenters. The van der Waals surface area contributed by atoms with E-state index >= 15 is 0 Å². The third-order valence-electron chi connectivity index (χ3n) is 9.01. The third-order valence-corrected chi connectivity index (χ3v) is 11.1. The number of hydrogen-bond donors (Lipinski definition) is 1. The van der Waals surface area contributed by atoms with Crippen molar-refractivity contribution in [1.29, 1.82) is 5.26 Å². The van der Waals surface area contributed by atoms with Gasteiger partial charge in [-0.15, -0.1) is 0 Å². The molecule has 57 heavy (non-hydrogen) atoms. The summed E-state index contributed by atoms with van der Waals surface area (Å²) in [5.74, 6) is 0.714. The number of methoxy groups -OCH3 is 1. The first kappa shape index (κ1) is 41.8. The summed E-state index contributed by atoms with van der Waals surface area (Å²) in [5.41, 5.74) is 5.80. The average molecular weight is 815 g/mol. The van der Waals surface area contributed by atoms with Crippen molar-refractivity contribution in [2.75, 3.05) is 77.8 Å². The summed E-state index contributed by atoms with van der Waals surface area (Å²) in [7, 11) is -2.37. The maximum absolute atomic E-state index is 13.0. The van der Waals surface area contributed by atoms with Crippen molar-refractivity contribution in [2.45, 2.75) is 30.9 Å². The average Bonchev–Trinajstić information content (AvgIpc) is 3.90. The summed E-state index contributed by atoms with van der Waals surface area (Å²) >= 11 is 0.911. The third kappa shape index (κ3) is 12.3. The van der Waals surface area contributed by atoms with Crippen LogP contribution in [0.25, 0.3) is 22.3 Å². The zero-order valence-electron chi connectivity index (χ0n) is 32.0. The lowest BCUT2D eigenvalue weighted by molar-refractivity contribution is -0.0194. The fraction of sp³-hybridized carbons (Fsp3) is 0.366. The van der Waals surface area contributed by atoms with Crippen LogP contribution in [0.15, 0.2) is 90.2 Å². The van der Waals surface area contributed by atoms with Crippen molar-refractivity contribution in [2.24, 2.45) is 0 Å². The molecule has 14 nitrogen and oxygen atoms in total. The molecule has 0 spiro atoms. The Morgan fingerprint density at radius 3 is 2.35 bits per heavy atom. The fourth-order valence-electron chi connectivity index (χ4n) is 6.21. The quantitative estimate of drug-likeness (QED) is 0.0772. The number of benzene rings is 3. The van der Waals surface area contributed by atoms with Gasteiger partial charge in [-0.25, -0.2) is 13.4 Å². The smallest absolute Gasteiger partial charge is 0.263 e. The van der Waals surface area contributed by atoms with Gasteiger partial charge in [0.2, 0.25) is 5.13 Å². The van der Waals surface area contributed by atoms with Crippen LogP contribution in [0.2, 0.25) is 0 Å². The van der Waals surface area contributed by atoms with Gasteiger partial charge in [0.1, 0.15) is 23.9 Å². The molecule has 1 aliphatic rings. The Hall–Kier alpha value is -4.83. The summed E-state index contributed by atoms with van der Waals surface area (Å²) < 4.78 is 66.3. The number of pyridine rings is 1. The lowest BCUT2D eigenvalue weighted by Gasteiger charge is -2.18. The number of rotatable bonds is 22. The molecule has 16 heteroatoms. The number of nitrogens with zero attached hydrogens (tertiary/aromatic N) is 5. The highest BCUT2D eigenvalue weighted by molar-refractivity contribution is 7.93. The summed E-state index contributed by atoms with van der Waals surface area (Å²) in [6, 6.07) is 24.4. The molecule has 3 aromatic carbocycles. The van der Waals surface area contributed by atoms with Crippen molar-refractivity contribution in [3.8, 4) is 39.8 Å². The van der Waals surface area contributed by atoms with Gasteiger partial charge in [-0.2, -0.15) is 9.64 Å². The van der Waals surface area contributed by atoms with Crippen molar-refractivity contribution >= 4 is 26.7 Å². The number of sulfonamides is 1. The van der Waals surface area contributed by atoms with Crippen molar-refractivity contribution in [3.63, 3.8) is 0 Å². The van der Waals surface area contributed by atoms with Crippen molar-refractivity contribution in [3.05, 3.63) is 102 Å². The number of aryl methyl sites for hydroxylation is 1. The van der Waals surface area contributed by atoms with Crippen molar-refractivity contribution in [1.82, 2.24) is 19.2 Å². The Kier molecular flexibility index (Phi) is 15.5. The summed E-state index contributed by atoms with van der Waals surface area (Å²) in [6.45, 7) is 8.57. The molecule has 0 saturated carbocycles. The van der Waals surface area contributed by atoms with Crippen LogP contribution in [0.3, 0.4) is 0 Å². The van der Waals surface area contributed by atoms with E-state index in [1.54, 1.807) is 13.3 Å². The standard InChI is InChI=1S/C41H46N6O8S2/c1-30-4-3-5-31(22-30)32-6-8-40(55-39-9-7-37(24-34(39)26-42)57(48,49)46-41-44-29-45-56-41)38(25-32)33-10-12-43-35(23-33)27-47-13-11-36(28-47)54-21-20-53-19-18-52-17-16-51-15-14-50-2/h3-10,12,22-25,29,36H,11,13-21,27-28H2,1-2H3,(H,44,45,46)/t36-/m0/s1. The normalized spacial score (nSPS) is 14.4. The monoisotopic (exact) mass is 814 g/mol. The second-order valence-electron chi connectivity index (χ2n) is 13.2. The van der Waals surface area contributed by atoms with Crippen LogP contribution in [0.4, 0.5) is 5.13 Å². The number of hydrogen-bond acceptors (Lipinski definition) is 14. The van der Waals surface area contributed by atoms with Gasteiger partial charge in [0, 0.05) is 50.0 Å². The molecule has 2 aromatic heterocycles. The molecule has 6 rings (SSSR count). The number of nitrogens with one attached hydrogen (secondary N) is 1. The SMILES string of the molecule is COCCOCCOCCOCCO[C@H]1CCN(Cc2cc(-c3cc(-c4cccc(C)c4)ccc3Oc3ccc(S(=O)(=O)Nc4ncns4)cc3C#N)ccn2)C1. The minimum Gasteiger partial charge on any atom is -0.455 e. The zero-order valence-corrected chi connectivity index (χ0v) is 33.6. The predicted molar refractivity (Wildman–Crippen MR) is 216 cm³/mol. The highest BCUT2D eigenvalue weighted by atomic mass is 32.2. The zero-order chi connectivity index (χ0) is 39.9. The van der Waals surface area contributed by atoms with Gasteiger partial charge in [-0.05, 0) is 72.5 Å². The highest BCUT2D eigenvalue weighted by Gasteiger charge is 2.24. The molecule has 1 aliphatic heterocycles. The Morgan fingerprint density at radius 1 is 0.860 bits per heavy atom. The van der Waals surface area contributed by atoms with Gasteiger partial charge in [0.15, 0.2) is 0 Å². The molecule has 1 fully saturated rings. The van der Waals surface area contributed by atoms with E-state index in [1.165, 1.54) is 24.5 Å². The van der Waals surface area contributed by atoms with Gasteiger partial charge in [-0.3, -0.25) is 14.6 Å². The molecule has 1 N–H and O–H groups in total. The molecule has 0 amide bonds. The Balaban J connectivity index is 1.10. The van der Waals surface area contributed by atoms with E-state index in [0.29, 0.717) is 65.1 Å². The predicted octanol–water partition coefficient (Wildman–Crippen LogP) is 6.33. The van der Waals surface area contributed by atoms with Crippen LogP contribution in [-0.4, -0.2) is 107 Å². The first-order valence-electron chi connectivity index (χ1n) is 18.6. The van der Waals surface area contributed by atoms with Gasteiger partial charge in [0.05, 0.1) is 75.1 Å². The van der Waals surface area contributed by atoms with Gasteiger partial charge >= 0.3 is 0 Å². The second-order valence-corrected chi connectivity index (χ2v) is 15.6. The van der Waals surface area contributed by atoms with E-state index in [4.69, 9.17) is 33.4 Å².